The van der Waals surface area contributed by atoms with Crippen molar-refractivity contribution in [2.45, 2.75) is 96.8 Å². The molecule has 0 amide bonds. The maximum atomic E-state index is 12.9. The summed E-state index contributed by atoms with van der Waals surface area (Å²) in [6, 6.07) is 15.4. The van der Waals surface area contributed by atoms with E-state index in [0.29, 0.717) is 12.5 Å². The van der Waals surface area contributed by atoms with Gasteiger partial charge in [-0.3, -0.25) is 0 Å². The third-order valence-electron chi connectivity index (χ3n) is 6.58. The van der Waals surface area contributed by atoms with Gasteiger partial charge in [-0.2, -0.15) is 0 Å². The topological polar surface area (TPSA) is 47.6 Å². The van der Waals surface area contributed by atoms with Crippen LogP contribution >= 0.6 is 0 Å². The molecule has 0 aliphatic rings. The first-order valence-electron chi connectivity index (χ1n) is 13.3. The highest BCUT2D eigenvalue weighted by molar-refractivity contribution is 6.71. The number of fused-ring (bicyclic) bond motifs is 1. The Balaban J connectivity index is 1.65. The molecule has 0 radical (unpaired) electrons. The molecule has 34 heavy (non-hydrogen) atoms. The molecular weight excluding hydrogens is 438 g/mol. The Morgan fingerprint density at radius 2 is 1.50 bits per heavy atom. The quantitative estimate of drug-likeness (QED) is 0.139. The van der Waals surface area contributed by atoms with Gasteiger partial charge in [0.05, 0.1) is 6.61 Å². The Morgan fingerprint density at radius 1 is 0.882 bits per heavy atom. The number of ether oxygens (including phenoxy) is 1. The molecule has 4 nitrogen and oxygen atoms in total. The van der Waals surface area contributed by atoms with Crippen molar-refractivity contribution in [2.75, 3.05) is 19.0 Å². The first kappa shape index (κ1) is 28.4. The molecule has 0 fully saturated rings. The van der Waals surface area contributed by atoms with E-state index in [0.717, 1.165) is 30.3 Å². The van der Waals surface area contributed by atoms with Gasteiger partial charge < -0.3 is 14.5 Å². The standard InChI is InChI=1S/C29H47NO3Si/c1-24(2)23-28(30-27-20-16-18-25-17-12-13-19-26(25)27)29(31)33-21-14-10-8-6-7-9-11-15-22-34(4,5)32-3/h12-13,16-20,24,28,30H,6-11,14-15,21-23H2,1-5H3/t28-/m1/s1. The molecule has 0 saturated carbocycles. The summed E-state index contributed by atoms with van der Waals surface area (Å²) in [5.74, 6) is 0.270. The number of hydrogen-bond donors (Lipinski definition) is 1. The number of carbonyl (C=O) groups excluding carboxylic acids is 1. The van der Waals surface area contributed by atoms with Crippen molar-refractivity contribution < 1.29 is 14.0 Å². The van der Waals surface area contributed by atoms with Crippen LogP contribution in [0.5, 0.6) is 0 Å². The lowest BCUT2D eigenvalue weighted by molar-refractivity contribution is -0.145. The van der Waals surface area contributed by atoms with Crippen molar-refractivity contribution >= 4 is 30.7 Å². The molecular formula is C29H47NO3Si. The van der Waals surface area contributed by atoms with Crippen LogP contribution in [0.4, 0.5) is 5.69 Å². The normalized spacial score (nSPS) is 12.8. The molecule has 0 aliphatic carbocycles. The van der Waals surface area contributed by atoms with E-state index < -0.39 is 8.32 Å². The van der Waals surface area contributed by atoms with Crippen LogP contribution in [-0.2, 0) is 14.0 Å². The van der Waals surface area contributed by atoms with Crippen molar-refractivity contribution in [3.8, 4) is 0 Å². The van der Waals surface area contributed by atoms with Crippen LogP contribution in [0, 0.1) is 5.92 Å². The van der Waals surface area contributed by atoms with Crippen LogP contribution in [0.15, 0.2) is 42.5 Å². The van der Waals surface area contributed by atoms with Gasteiger partial charge >= 0.3 is 5.97 Å². The number of benzene rings is 2. The largest absolute Gasteiger partial charge is 0.464 e. The number of hydrogen-bond acceptors (Lipinski definition) is 4. The minimum absolute atomic E-state index is 0.135. The molecule has 0 aliphatic heterocycles. The number of carbonyl (C=O) groups is 1. The van der Waals surface area contributed by atoms with E-state index in [1.54, 1.807) is 0 Å². The molecule has 2 aromatic rings. The number of nitrogens with one attached hydrogen (secondary N) is 1. The number of esters is 1. The zero-order valence-corrected chi connectivity index (χ0v) is 23.2. The van der Waals surface area contributed by atoms with Gasteiger partial charge in [-0.05, 0) is 49.4 Å². The van der Waals surface area contributed by atoms with Crippen molar-refractivity contribution in [2.24, 2.45) is 5.92 Å². The average molecular weight is 486 g/mol. The summed E-state index contributed by atoms with van der Waals surface area (Å²) in [4.78, 5) is 12.9. The van der Waals surface area contributed by atoms with Crippen LogP contribution in [0.25, 0.3) is 10.8 Å². The van der Waals surface area contributed by atoms with Gasteiger partial charge in [0.25, 0.3) is 0 Å². The Labute approximate surface area is 208 Å². The van der Waals surface area contributed by atoms with Gasteiger partial charge in [-0.1, -0.05) is 95.2 Å². The highest BCUT2D eigenvalue weighted by atomic mass is 28.4. The fourth-order valence-corrected chi connectivity index (χ4v) is 5.62. The van der Waals surface area contributed by atoms with E-state index in [9.17, 15) is 4.79 Å². The lowest BCUT2D eigenvalue weighted by Crippen LogP contribution is -2.33. The van der Waals surface area contributed by atoms with Crippen molar-refractivity contribution in [3.05, 3.63) is 42.5 Å². The van der Waals surface area contributed by atoms with Crippen LogP contribution in [0.3, 0.4) is 0 Å². The third-order valence-corrected chi connectivity index (χ3v) is 9.24. The molecule has 0 heterocycles. The fraction of sp³-hybridized carbons (Fsp3) is 0.621. The summed E-state index contributed by atoms with van der Waals surface area (Å²) in [6.45, 7) is 9.40. The summed E-state index contributed by atoms with van der Waals surface area (Å²) in [5.41, 5.74) is 0.994. The van der Waals surface area contributed by atoms with Crippen molar-refractivity contribution in [3.63, 3.8) is 0 Å². The summed E-state index contributed by atoms with van der Waals surface area (Å²) >= 11 is 0. The molecule has 5 heteroatoms. The van der Waals surface area contributed by atoms with Crippen molar-refractivity contribution in [1.29, 1.82) is 0 Å². The van der Waals surface area contributed by atoms with Gasteiger partial charge in [-0.25, -0.2) is 4.79 Å². The van der Waals surface area contributed by atoms with E-state index in [-0.39, 0.29) is 12.0 Å². The zero-order valence-electron chi connectivity index (χ0n) is 22.2. The molecule has 0 bridgehead atoms. The Bertz CT molecular complexity index is 847. The minimum Gasteiger partial charge on any atom is -0.464 e. The summed E-state index contributed by atoms with van der Waals surface area (Å²) < 4.78 is 11.3. The van der Waals surface area contributed by atoms with Gasteiger partial charge in [0.15, 0.2) is 8.32 Å². The molecule has 2 aromatic carbocycles. The lowest BCUT2D eigenvalue weighted by atomic mass is 10.0. The Morgan fingerprint density at radius 3 is 2.18 bits per heavy atom. The molecule has 2 rings (SSSR count). The number of anilines is 1. The van der Waals surface area contributed by atoms with E-state index in [1.807, 2.05) is 31.4 Å². The molecule has 1 atom stereocenters. The van der Waals surface area contributed by atoms with Crippen LogP contribution in [0.1, 0.15) is 71.6 Å². The minimum atomic E-state index is -1.37. The lowest BCUT2D eigenvalue weighted by Gasteiger charge is -2.21. The first-order valence-corrected chi connectivity index (χ1v) is 16.4. The van der Waals surface area contributed by atoms with Crippen LogP contribution in [-0.4, -0.2) is 34.0 Å². The second kappa shape index (κ2) is 15.2. The first-order chi connectivity index (χ1) is 16.3. The molecule has 0 saturated heterocycles. The number of rotatable bonds is 17. The van der Waals surface area contributed by atoms with Gasteiger partial charge in [0, 0.05) is 18.2 Å². The maximum Gasteiger partial charge on any atom is 0.328 e. The molecule has 0 spiro atoms. The molecule has 1 N–H and O–H groups in total. The van der Waals surface area contributed by atoms with E-state index in [1.165, 1.54) is 50.0 Å². The zero-order chi connectivity index (χ0) is 24.8. The van der Waals surface area contributed by atoms with Crippen LogP contribution < -0.4 is 5.32 Å². The highest BCUT2D eigenvalue weighted by Gasteiger charge is 2.22. The predicted molar refractivity (Wildman–Crippen MR) is 148 cm³/mol. The monoisotopic (exact) mass is 485 g/mol. The molecule has 0 aromatic heterocycles. The Hall–Kier alpha value is -1.85. The number of unbranched alkanes of at least 4 members (excludes halogenated alkanes) is 7. The molecule has 0 unspecified atom stereocenters. The Kier molecular flexibility index (Phi) is 12.7. The predicted octanol–water partition coefficient (Wildman–Crippen LogP) is 8.18. The van der Waals surface area contributed by atoms with E-state index >= 15 is 0 Å². The van der Waals surface area contributed by atoms with Gasteiger partial charge in [0.2, 0.25) is 0 Å². The smallest absolute Gasteiger partial charge is 0.328 e. The average Bonchev–Trinajstić information content (AvgIpc) is 2.82. The summed E-state index contributed by atoms with van der Waals surface area (Å²) in [6.07, 6.45) is 10.6. The second-order valence-electron chi connectivity index (χ2n) is 10.6. The maximum absolute atomic E-state index is 12.9. The SMILES string of the molecule is CO[Si](C)(C)CCCCCCCCCCOC(=O)[C@@H](CC(C)C)Nc1cccc2ccccc12. The van der Waals surface area contributed by atoms with E-state index in [2.05, 4.69) is 50.5 Å². The van der Waals surface area contributed by atoms with Crippen molar-refractivity contribution in [1.82, 2.24) is 0 Å². The third kappa shape index (κ3) is 10.6. The van der Waals surface area contributed by atoms with Gasteiger partial charge in [0.1, 0.15) is 6.04 Å². The fourth-order valence-electron chi connectivity index (χ4n) is 4.31. The summed E-state index contributed by atoms with van der Waals surface area (Å²) in [7, 11) is 0.482. The summed E-state index contributed by atoms with van der Waals surface area (Å²) in [5, 5.41) is 5.78. The van der Waals surface area contributed by atoms with E-state index in [4.69, 9.17) is 9.16 Å². The highest BCUT2D eigenvalue weighted by Crippen LogP contribution is 2.25. The van der Waals surface area contributed by atoms with Crippen LogP contribution in [0.2, 0.25) is 19.1 Å². The second-order valence-corrected chi connectivity index (χ2v) is 15.0. The molecule has 190 valence electrons. The van der Waals surface area contributed by atoms with Gasteiger partial charge in [-0.15, -0.1) is 0 Å².